The second-order valence-corrected chi connectivity index (χ2v) is 5.82. The zero-order valence-electron chi connectivity index (χ0n) is 9.84. The highest BCUT2D eigenvalue weighted by molar-refractivity contribution is 8.01. The van der Waals surface area contributed by atoms with E-state index in [1.807, 2.05) is 24.4 Å². The molecule has 1 heterocycles. The summed E-state index contributed by atoms with van der Waals surface area (Å²) in [5.74, 6) is 0.292. The monoisotopic (exact) mass is 279 g/mol. The highest BCUT2D eigenvalue weighted by atomic mass is 32.2. The molecule has 0 saturated carbocycles. The van der Waals surface area contributed by atoms with Crippen LogP contribution in [0.5, 0.6) is 0 Å². The first-order valence-electron chi connectivity index (χ1n) is 5.33. The summed E-state index contributed by atoms with van der Waals surface area (Å²) in [4.78, 5) is 15.8. The number of nitrogens with one attached hydrogen (secondary N) is 1. The van der Waals surface area contributed by atoms with Gasteiger partial charge in [-0.25, -0.2) is 4.98 Å². The zero-order chi connectivity index (χ0) is 13.0. The number of amides is 1. The minimum atomic E-state index is -0.0570. The molecule has 1 aromatic carbocycles. The highest BCUT2D eigenvalue weighted by Gasteiger charge is 2.05. The van der Waals surface area contributed by atoms with Gasteiger partial charge in [-0.15, -0.1) is 11.3 Å². The molecule has 1 aromatic heterocycles. The van der Waals surface area contributed by atoms with Crippen LogP contribution in [0, 0.1) is 6.92 Å². The van der Waals surface area contributed by atoms with Crippen molar-refractivity contribution < 1.29 is 4.79 Å². The van der Waals surface area contributed by atoms with Gasteiger partial charge in [-0.3, -0.25) is 4.79 Å². The quantitative estimate of drug-likeness (QED) is 0.667. The fourth-order valence-electron chi connectivity index (χ4n) is 1.32. The van der Waals surface area contributed by atoms with Crippen LogP contribution in [-0.2, 0) is 4.79 Å². The number of hydrogen-bond donors (Lipinski definition) is 2. The maximum atomic E-state index is 11.7. The number of nitrogen functional groups attached to an aromatic ring is 1. The lowest BCUT2D eigenvalue weighted by Gasteiger charge is -2.06. The fraction of sp³-hybridized carbons (Fsp3) is 0.167. The van der Waals surface area contributed by atoms with Crippen LogP contribution in [0.25, 0.3) is 0 Å². The second-order valence-electron chi connectivity index (χ2n) is 3.71. The minimum absolute atomic E-state index is 0.0570. The number of carbonyl (C=O) groups is 1. The van der Waals surface area contributed by atoms with Crippen LogP contribution in [0.15, 0.2) is 34.1 Å². The van der Waals surface area contributed by atoms with Gasteiger partial charge in [0.15, 0.2) is 0 Å². The lowest BCUT2D eigenvalue weighted by molar-refractivity contribution is -0.113. The van der Waals surface area contributed by atoms with Gasteiger partial charge in [0.05, 0.1) is 5.75 Å². The Bertz CT molecular complexity index is 540. The maximum Gasteiger partial charge on any atom is 0.234 e. The molecule has 0 bridgehead atoms. The van der Waals surface area contributed by atoms with Crippen LogP contribution < -0.4 is 11.1 Å². The molecule has 0 spiro atoms. The topological polar surface area (TPSA) is 68.0 Å². The van der Waals surface area contributed by atoms with Gasteiger partial charge < -0.3 is 11.1 Å². The third-order valence-electron chi connectivity index (χ3n) is 2.30. The molecule has 0 atom stereocenters. The van der Waals surface area contributed by atoms with Crippen molar-refractivity contribution in [3.63, 3.8) is 0 Å². The Morgan fingerprint density at radius 2 is 2.39 bits per heavy atom. The number of aromatic nitrogens is 1. The van der Waals surface area contributed by atoms with E-state index in [-0.39, 0.29) is 5.91 Å². The van der Waals surface area contributed by atoms with E-state index < -0.39 is 0 Å². The number of hydrogen-bond acceptors (Lipinski definition) is 5. The van der Waals surface area contributed by atoms with Crippen molar-refractivity contribution in [3.05, 3.63) is 35.3 Å². The summed E-state index contributed by atoms with van der Waals surface area (Å²) in [5.41, 5.74) is 8.19. The predicted molar refractivity (Wildman–Crippen MR) is 77.1 cm³/mol. The molecule has 2 rings (SSSR count). The molecular formula is C12H13N3OS2. The molecule has 0 fully saturated rings. The Hall–Kier alpha value is -1.53. The van der Waals surface area contributed by atoms with Gasteiger partial charge in [0.1, 0.15) is 4.34 Å². The molecule has 0 aliphatic carbocycles. The molecule has 6 heteroatoms. The number of thiazole rings is 1. The lowest BCUT2D eigenvalue weighted by atomic mass is 10.2. The van der Waals surface area contributed by atoms with Gasteiger partial charge in [-0.2, -0.15) is 0 Å². The van der Waals surface area contributed by atoms with E-state index in [2.05, 4.69) is 10.3 Å². The van der Waals surface area contributed by atoms with E-state index in [0.717, 1.165) is 15.6 Å². The Balaban J connectivity index is 1.88. The normalized spacial score (nSPS) is 10.3. The number of aryl methyl sites for hydroxylation is 1. The van der Waals surface area contributed by atoms with Crippen LogP contribution >= 0.6 is 23.1 Å². The first-order valence-corrected chi connectivity index (χ1v) is 7.20. The lowest BCUT2D eigenvalue weighted by Crippen LogP contribution is -2.14. The summed E-state index contributed by atoms with van der Waals surface area (Å²) in [6, 6.07) is 5.50. The van der Waals surface area contributed by atoms with Crippen molar-refractivity contribution in [1.82, 2.24) is 4.98 Å². The summed E-state index contributed by atoms with van der Waals surface area (Å²) in [6.07, 6.45) is 1.73. The van der Waals surface area contributed by atoms with E-state index in [0.29, 0.717) is 11.4 Å². The Morgan fingerprint density at radius 1 is 1.56 bits per heavy atom. The average Bonchev–Trinajstić information content (AvgIpc) is 2.84. The molecule has 0 aliphatic heterocycles. The summed E-state index contributed by atoms with van der Waals surface area (Å²) >= 11 is 2.95. The molecule has 94 valence electrons. The number of rotatable bonds is 4. The number of benzene rings is 1. The maximum absolute atomic E-state index is 11.7. The van der Waals surface area contributed by atoms with Crippen LogP contribution in [0.3, 0.4) is 0 Å². The zero-order valence-corrected chi connectivity index (χ0v) is 11.5. The number of carbonyl (C=O) groups excluding carboxylic acids is 1. The number of anilines is 2. The standard InChI is InChI=1S/C12H13N3OS2/c1-8-2-3-9(6-10(8)13)15-11(16)7-18-12-14-4-5-17-12/h2-6H,7,13H2,1H3,(H,15,16). The van der Waals surface area contributed by atoms with E-state index in [1.54, 1.807) is 12.3 Å². The smallest absolute Gasteiger partial charge is 0.234 e. The first-order chi connectivity index (χ1) is 8.65. The average molecular weight is 279 g/mol. The van der Waals surface area contributed by atoms with E-state index in [1.165, 1.54) is 23.1 Å². The van der Waals surface area contributed by atoms with Gasteiger partial charge in [-0.05, 0) is 24.6 Å². The van der Waals surface area contributed by atoms with Crippen molar-refractivity contribution in [1.29, 1.82) is 0 Å². The van der Waals surface area contributed by atoms with Crippen LogP contribution in [0.4, 0.5) is 11.4 Å². The first kappa shape index (κ1) is 12.9. The van der Waals surface area contributed by atoms with Gasteiger partial charge in [0, 0.05) is 23.0 Å². The molecule has 0 unspecified atom stereocenters. The van der Waals surface area contributed by atoms with Gasteiger partial charge >= 0.3 is 0 Å². The van der Waals surface area contributed by atoms with Crippen molar-refractivity contribution in [2.24, 2.45) is 0 Å². The van der Waals surface area contributed by atoms with Gasteiger partial charge in [0.2, 0.25) is 5.91 Å². The third kappa shape index (κ3) is 3.48. The second kappa shape index (κ2) is 5.88. The minimum Gasteiger partial charge on any atom is -0.398 e. The summed E-state index contributed by atoms with van der Waals surface area (Å²) in [6.45, 7) is 1.93. The molecule has 0 saturated heterocycles. The summed E-state index contributed by atoms with van der Waals surface area (Å²) in [7, 11) is 0. The van der Waals surface area contributed by atoms with Gasteiger partial charge in [0.25, 0.3) is 0 Å². The Kier molecular flexibility index (Phi) is 4.22. The number of thioether (sulfide) groups is 1. The van der Waals surface area contributed by atoms with Crippen molar-refractivity contribution >= 4 is 40.4 Å². The van der Waals surface area contributed by atoms with E-state index >= 15 is 0 Å². The molecule has 0 aliphatic rings. The third-order valence-corrected chi connectivity index (χ3v) is 4.27. The molecule has 4 nitrogen and oxygen atoms in total. The molecular weight excluding hydrogens is 266 g/mol. The molecule has 3 N–H and O–H groups in total. The molecule has 18 heavy (non-hydrogen) atoms. The van der Waals surface area contributed by atoms with Crippen LogP contribution in [0.1, 0.15) is 5.56 Å². The SMILES string of the molecule is Cc1ccc(NC(=O)CSc2nccs2)cc1N. The van der Waals surface area contributed by atoms with Crippen molar-refractivity contribution in [2.75, 3.05) is 16.8 Å². The number of nitrogens with two attached hydrogens (primary N) is 1. The van der Waals surface area contributed by atoms with E-state index in [4.69, 9.17) is 5.73 Å². The summed E-state index contributed by atoms with van der Waals surface area (Å²) in [5, 5.41) is 4.70. The summed E-state index contributed by atoms with van der Waals surface area (Å²) < 4.78 is 0.897. The fourth-order valence-corrected chi connectivity index (χ4v) is 2.76. The molecule has 1 amide bonds. The van der Waals surface area contributed by atoms with Crippen molar-refractivity contribution in [3.8, 4) is 0 Å². The molecule has 0 radical (unpaired) electrons. The van der Waals surface area contributed by atoms with Crippen LogP contribution in [-0.4, -0.2) is 16.6 Å². The Labute approximate surface area is 114 Å². The Morgan fingerprint density at radius 3 is 3.06 bits per heavy atom. The van der Waals surface area contributed by atoms with Crippen LogP contribution in [0.2, 0.25) is 0 Å². The van der Waals surface area contributed by atoms with Crippen molar-refractivity contribution in [2.45, 2.75) is 11.3 Å². The van der Waals surface area contributed by atoms with Gasteiger partial charge in [-0.1, -0.05) is 17.8 Å². The predicted octanol–water partition coefficient (Wildman–Crippen LogP) is 2.76. The number of nitrogens with zero attached hydrogens (tertiary/aromatic N) is 1. The highest BCUT2D eigenvalue weighted by Crippen LogP contribution is 2.21. The van der Waals surface area contributed by atoms with E-state index in [9.17, 15) is 4.79 Å². The largest absolute Gasteiger partial charge is 0.398 e. The molecule has 2 aromatic rings.